The van der Waals surface area contributed by atoms with Gasteiger partial charge in [0.25, 0.3) is 0 Å². The summed E-state index contributed by atoms with van der Waals surface area (Å²) in [5.41, 5.74) is 5.39. The van der Waals surface area contributed by atoms with Crippen LogP contribution in [0.15, 0.2) is 74.8 Å². The Labute approximate surface area is 139 Å². The molecule has 2 aromatic carbocycles. The van der Waals surface area contributed by atoms with E-state index in [4.69, 9.17) is 0 Å². The van der Waals surface area contributed by atoms with E-state index >= 15 is 0 Å². The van der Waals surface area contributed by atoms with Gasteiger partial charge in [0.15, 0.2) is 0 Å². The molecule has 22 heavy (non-hydrogen) atoms. The fraction of sp³-hybridized carbons (Fsp3) is 0.273. The lowest BCUT2D eigenvalue weighted by molar-refractivity contribution is 1.34. The second kappa shape index (κ2) is 18.9. The van der Waals surface area contributed by atoms with E-state index in [0.717, 1.165) is 0 Å². The van der Waals surface area contributed by atoms with Crippen molar-refractivity contribution in [2.24, 2.45) is 0 Å². The van der Waals surface area contributed by atoms with Crippen LogP contribution in [0.3, 0.4) is 0 Å². The summed E-state index contributed by atoms with van der Waals surface area (Å²) in [6, 6.07) is 16.8. The quantitative estimate of drug-likeness (QED) is 0.450. The summed E-state index contributed by atoms with van der Waals surface area (Å²) < 4.78 is 0. The average molecular weight is 299 g/mol. The van der Waals surface area contributed by atoms with Crippen LogP contribution in [0.1, 0.15) is 36.1 Å². The number of aryl methyl sites for hydroxylation is 4. The highest BCUT2D eigenvalue weighted by Crippen LogP contribution is 2.02. The number of rotatable bonds is 0. The van der Waals surface area contributed by atoms with Crippen LogP contribution in [0.5, 0.6) is 0 Å². The molecule has 2 aromatic rings. The zero-order chi connectivity index (χ0) is 18.0. The molecule has 0 saturated carbocycles. The molecule has 0 aromatic heterocycles. The molecule has 0 heterocycles. The van der Waals surface area contributed by atoms with Crippen molar-refractivity contribution < 1.29 is 0 Å². The van der Waals surface area contributed by atoms with Gasteiger partial charge in [0.2, 0.25) is 0 Å². The summed E-state index contributed by atoms with van der Waals surface area (Å²) in [7, 11) is 0. The van der Waals surface area contributed by atoms with E-state index in [1.165, 1.54) is 22.3 Å². The van der Waals surface area contributed by atoms with Crippen LogP contribution in [0.25, 0.3) is 0 Å². The van der Waals surface area contributed by atoms with Crippen molar-refractivity contribution >= 4 is 0 Å². The van der Waals surface area contributed by atoms with Gasteiger partial charge in [-0.15, -0.1) is 26.3 Å². The Kier molecular flexibility index (Phi) is 21.4. The minimum absolute atomic E-state index is 1.33. The molecule has 0 aliphatic heterocycles. The van der Waals surface area contributed by atoms with Gasteiger partial charge < -0.3 is 0 Å². The molecule has 0 heteroatoms. The van der Waals surface area contributed by atoms with Crippen LogP contribution in [0.4, 0.5) is 0 Å². The second-order valence-corrected chi connectivity index (χ2v) is 4.24. The van der Waals surface area contributed by atoms with E-state index in [2.05, 4.69) is 103 Å². The minimum atomic E-state index is 1.33. The number of hydrogen-bond donors (Lipinski definition) is 0. The number of hydrogen-bond acceptors (Lipinski definition) is 0. The van der Waals surface area contributed by atoms with Crippen LogP contribution in [-0.2, 0) is 0 Å². The first kappa shape index (κ1) is 24.9. The van der Waals surface area contributed by atoms with Crippen LogP contribution < -0.4 is 0 Å². The monoisotopic (exact) mass is 298 g/mol. The zero-order valence-corrected chi connectivity index (χ0v) is 15.4. The molecule has 0 aliphatic rings. The fourth-order valence-electron chi connectivity index (χ4n) is 1.30. The number of benzene rings is 2. The molecule has 0 amide bonds. The molecule has 0 atom stereocenters. The Morgan fingerprint density at radius 1 is 0.500 bits per heavy atom. The van der Waals surface area contributed by atoms with Gasteiger partial charge in [0, 0.05) is 0 Å². The standard InChI is InChI=1S/2C8H10.C2H6.2C2H4/c1-7-3-5-8(2)6-4-7;1-7-5-3-4-6-8(7)2;3*1-2/h2*3-6H,1-2H3;1-2H3;2*1-2H2. The van der Waals surface area contributed by atoms with Gasteiger partial charge in [-0.3, -0.25) is 0 Å². The third kappa shape index (κ3) is 14.3. The highest BCUT2D eigenvalue weighted by molar-refractivity contribution is 5.23. The molecule has 0 spiro atoms. The van der Waals surface area contributed by atoms with Gasteiger partial charge >= 0.3 is 0 Å². The molecule has 0 nitrogen and oxygen atoms in total. The maximum Gasteiger partial charge on any atom is -0.0395 e. The highest BCUT2D eigenvalue weighted by Gasteiger charge is 1.83. The first-order chi connectivity index (χ1) is 10.6. The summed E-state index contributed by atoms with van der Waals surface area (Å²) in [6.07, 6.45) is 0. The summed E-state index contributed by atoms with van der Waals surface area (Å²) in [5, 5.41) is 0. The topological polar surface area (TPSA) is 0 Å². The minimum Gasteiger partial charge on any atom is -0.106 e. The molecule has 0 N–H and O–H groups in total. The van der Waals surface area contributed by atoms with Gasteiger partial charge in [0.05, 0.1) is 0 Å². The normalized spacial score (nSPS) is 7.36. The van der Waals surface area contributed by atoms with Gasteiger partial charge in [-0.1, -0.05) is 73.5 Å². The first-order valence-corrected chi connectivity index (χ1v) is 7.65. The summed E-state index contributed by atoms with van der Waals surface area (Å²) in [5.74, 6) is 0. The van der Waals surface area contributed by atoms with Gasteiger partial charge in [-0.25, -0.2) is 0 Å². The Bertz CT molecular complexity index is 408. The molecule has 0 saturated heterocycles. The molecule has 122 valence electrons. The van der Waals surface area contributed by atoms with Crippen molar-refractivity contribution in [3.05, 3.63) is 97.1 Å². The third-order valence-corrected chi connectivity index (χ3v) is 2.64. The van der Waals surface area contributed by atoms with Crippen LogP contribution >= 0.6 is 0 Å². The molecule has 0 bridgehead atoms. The summed E-state index contributed by atoms with van der Waals surface area (Å²) in [6.45, 7) is 24.4. The molecule has 0 aliphatic carbocycles. The Hall–Kier alpha value is -2.08. The van der Waals surface area contributed by atoms with Crippen molar-refractivity contribution in [1.29, 1.82) is 0 Å². The molecule has 0 radical (unpaired) electrons. The van der Waals surface area contributed by atoms with E-state index in [9.17, 15) is 0 Å². The van der Waals surface area contributed by atoms with Crippen molar-refractivity contribution in [3.8, 4) is 0 Å². The molecular weight excluding hydrogens is 264 g/mol. The van der Waals surface area contributed by atoms with Gasteiger partial charge in [-0.2, -0.15) is 0 Å². The Morgan fingerprint density at radius 3 is 0.909 bits per heavy atom. The predicted octanol–water partition coefficient (Wildman–Crippen LogP) is 7.24. The van der Waals surface area contributed by atoms with E-state index < -0.39 is 0 Å². The largest absolute Gasteiger partial charge is 0.106 e. The first-order valence-electron chi connectivity index (χ1n) is 7.65. The Morgan fingerprint density at radius 2 is 0.727 bits per heavy atom. The van der Waals surface area contributed by atoms with Crippen molar-refractivity contribution in [3.63, 3.8) is 0 Å². The lowest BCUT2D eigenvalue weighted by atomic mass is 10.1. The van der Waals surface area contributed by atoms with Crippen molar-refractivity contribution in [2.75, 3.05) is 0 Å². The smallest absolute Gasteiger partial charge is 0.0395 e. The summed E-state index contributed by atoms with van der Waals surface area (Å²) in [4.78, 5) is 0. The van der Waals surface area contributed by atoms with Crippen LogP contribution in [0, 0.1) is 27.7 Å². The van der Waals surface area contributed by atoms with Crippen LogP contribution in [-0.4, -0.2) is 0 Å². The molecule has 2 rings (SSSR count). The molecule has 0 unspecified atom stereocenters. The average Bonchev–Trinajstić information content (AvgIpc) is 2.59. The highest BCUT2D eigenvalue weighted by atomic mass is 13.9. The van der Waals surface area contributed by atoms with Crippen LogP contribution in [0.2, 0.25) is 0 Å². The van der Waals surface area contributed by atoms with Crippen molar-refractivity contribution in [1.82, 2.24) is 0 Å². The third-order valence-electron chi connectivity index (χ3n) is 2.64. The lowest BCUT2D eigenvalue weighted by Gasteiger charge is -1.93. The lowest BCUT2D eigenvalue weighted by Crippen LogP contribution is -1.74. The predicted molar refractivity (Wildman–Crippen MR) is 106 cm³/mol. The van der Waals surface area contributed by atoms with Gasteiger partial charge in [0.1, 0.15) is 0 Å². The maximum absolute atomic E-state index is 3.00. The van der Waals surface area contributed by atoms with E-state index in [1.54, 1.807) is 0 Å². The van der Waals surface area contributed by atoms with E-state index in [-0.39, 0.29) is 0 Å². The molecular formula is C22H34. The summed E-state index contributed by atoms with van der Waals surface area (Å²) >= 11 is 0. The molecule has 0 fully saturated rings. The zero-order valence-electron chi connectivity index (χ0n) is 15.4. The SMILES string of the molecule is C=C.C=C.CC.Cc1ccc(C)cc1.Cc1ccccc1C. The van der Waals surface area contributed by atoms with E-state index in [1.807, 2.05) is 13.8 Å². The van der Waals surface area contributed by atoms with E-state index in [0.29, 0.717) is 0 Å². The van der Waals surface area contributed by atoms with Crippen molar-refractivity contribution in [2.45, 2.75) is 41.5 Å². The van der Waals surface area contributed by atoms with Gasteiger partial charge in [-0.05, 0) is 38.8 Å². The maximum atomic E-state index is 3.00. The second-order valence-electron chi connectivity index (χ2n) is 4.24. The fourth-order valence-corrected chi connectivity index (χ4v) is 1.30. The Balaban J connectivity index is -0.000000246.